The number of rotatable bonds is 2. The number of hydrogen-bond donors (Lipinski definition) is 1. The van der Waals surface area contributed by atoms with Crippen molar-refractivity contribution in [2.45, 2.75) is 6.92 Å². The summed E-state index contributed by atoms with van der Waals surface area (Å²) in [4.78, 5) is 15.7. The number of hydrogen-bond acceptors (Lipinski definition) is 3. The zero-order valence-electron chi connectivity index (χ0n) is 8.53. The first-order valence-electron chi connectivity index (χ1n) is 4.61. The summed E-state index contributed by atoms with van der Waals surface area (Å²) in [5.74, 6) is -0.830. The molecule has 1 aromatic carbocycles. The molecule has 0 saturated carbocycles. The lowest BCUT2D eigenvalue weighted by Crippen LogP contribution is -2.09. The number of nitrogens with zero attached hydrogens (tertiary/aromatic N) is 1. The number of nitrogens with two attached hydrogens (primary N) is 1. The number of halogens is 1. The molecule has 3 nitrogen and oxygen atoms in total. The number of aryl methyl sites for hydroxylation is 1. The molecule has 0 aliphatic rings. The maximum absolute atomic E-state index is 13.0. The second kappa shape index (κ2) is 4.02. The van der Waals surface area contributed by atoms with E-state index in [1.807, 2.05) is 0 Å². The van der Waals surface area contributed by atoms with Gasteiger partial charge in [0.25, 0.3) is 5.91 Å². The van der Waals surface area contributed by atoms with Gasteiger partial charge in [-0.1, -0.05) is 12.1 Å². The maximum atomic E-state index is 13.0. The number of aromatic nitrogens is 1. The molecule has 0 bridgehead atoms. The van der Waals surface area contributed by atoms with E-state index in [1.165, 1.54) is 23.5 Å². The third-order valence-corrected chi connectivity index (χ3v) is 3.31. The highest BCUT2D eigenvalue weighted by atomic mass is 32.1. The minimum Gasteiger partial charge on any atom is -0.365 e. The van der Waals surface area contributed by atoms with Gasteiger partial charge in [0.15, 0.2) is 0 Å². The van der Waals surface area contributed by atoms with Gasteiger partial charge >= 0.3 is 0 Å². The monoisotopic (exact) mass is 236 g/mol. The van der Waals surface area contributed by atoms with Crippen LogP contribution in [0.15, 0.2) is 24.3 Å². The molecular formula is C11H9FN2OS. The molecule has 1 aromatic heterocycles. The predicted molar refractivity (Wildman–Crippen MR) is 60.8 cm³/mol. The molecule has 2 aromatic rings. The number of primary amides is 1. The zero-order valence-corrected chi connectivity index (χ0v) is 9.34. The third-order valence-electron chi connectivity index (χ3n) is 2.09. The standard InChI is InChI=1S/C11H9FN2OS/c1-6-9(10(13)15)16-11(14-6)7-3-2-4-8(12)5-7/h2-5H,1H3,(H2,13,15). The van der Waals surface area contributed by atoms with Gasteiger partial charge < -0.3 is 5.73 Å². The number of thiazole rings is 1. The largest absolute Gasteiger partial charge is 0.365 e. The van der Waals surface area contributed by atoms with Crippen LogP contribution in [-0.2, 0) is 0 Å². The van der Waals surface area contributed by atoms with Gasteiger partial charge in [0.05, 0.1) is 5.69 Å². The van der Waals surface area contributed by atoms with E-state index in [4.69, 9.17) is 5.73 Å². The Kier molecular flexibility index (Phi) is 2.70. The molecule has 0 aliphatic carbocycles. The van der Waals surface area contributed by atoms with Crippen LogP contribution in [0.25, 0.3) is 10.6 Å². The summed E-state index contributed by atoms with van der Waals surface area (Å²) in [6.45, 7) is 1.71. The summed E-state index contributed by atoms with van der Waals surface area (Å²) in [5.41, 5.74) is 6.43. The fourth-order valence-electron chi connectivity index (χ4n) is 1.37. The van der Waals surface area contributed by atoms with Crippen LogP contribution < -0.4 is 5.73 Å². The molecular weight excluding hydrogens is 227 g/mol. The number of carbonyl (C=O) groups excluding carboxylic acids is 1. The van der Waals surface area contributed by atoms with Gasteiger partial charge in [0.2, 0.25) is 0 Å². The SMILES string of the molecule is Cc1nc(-c2cccc(F)c2)sc1C(N)=O. The van der Waals surface area contributed by atoms with Crippen LogP contribution in [0.1, 0.15) is 15.4 Å². The molecule has 5 heteroatoms. The Morgan fingerprint density at radius 3 is 2.81 bits per heavy atom. The summed E-state index contributed by atoms with van der Waals surface area (Å²) < 4.78 is 13.0. The van der Waals surface area contributed by atoms with Crippen molar-refractivity contribution < 1.29 is 9.18 Å². The first kappa shape index (κ1) is 10.8. The fourth-order valence-corrected chi connectivity index (χ4v) is 2.28. The maximum Gasteiger partial charge on any atom is 0.260 e. The molecule has 0 atom stereocenters. The van der Waals surface area contributed by atoms with Crippen molar-refractivity contribution in [1.82, 2.24) is 4.98 Å². The Hall–Kier alpha value is -1.75. The van der Waals surface area contributed by atoms with Gasteiger partial charge in [-0.2, -0.15) is 0 Å². The molecule has 82 valence electrons. The summed E-state index contributed by atoms with van der Waals surface area (Å²) in [6, 6.07) is 6.08. The number of amides is 1. The van der Waals surface area contributed by atoms with Crippen LogP contribution in [0, 0.1) is 12.7 Å². The molecule has 2 rings (SSSR count). The average molecular weight is 236 g/mol. The number of benzene rings is 1. The van der Waals surface area contributed by atoms with Crippen LogP contribution in [0.4, 0.5) is 4.39 Å². The third kappa shape index (κ3) is 1.94. The first-order chi connectivity index (χ1) is 7.58. The predicted octanol–water partition coefficient (Wildman–Crippen LogP) is 2.36. The van der Waals surface area contributed by atoms with Crippen LogP contribution in [0.2, 0.25) is 0 Å². The normalized spacial score (nSPS) is 10.4. The molecule has 0 radical (unpaired) electrons. The van der Waals surface area contributed by atoms with Gasteiger partial charge in [-0.25, -0.2) is 9.37 Å². The Morgan fingerprint density at radius 2 is 2.25 bits per heavy atom. The van der Waals surface area contributed by atoms with Gasteiger partial charge in [-0.15, -0.1) is 11.3 Å². The highest BCUT2D eigenvalue weighted by molar-refractivity contribution is 7.17. The minimum atomic E-state index is -0.502. The Balaban J connectivity index is 2.49. The molecule has 1 heterocycles. The quantitative estimate of drug-likeness (QED) is 0.870. The molecule has 0 unspecified atom stereocenters. The van der Waals surface area contributed by atoms with E-state index in [0.717, 1.165) is 0 Å². The van der Waals surface area contributed by atoms with Crippen LogP contribution in [-0.4, -0.2) is 10.9 Å². The molecule has 0 aliphatic heterocycles. The molecule has 2 N–H and O–H groups in total. The summed E-state index contributed by atoms with van der Waals surface area (Å²) >= 11 is 1.18. The van der Waals surface area contributed by atoms with Crippen molar-refractivity contribution in [2.75, 3.05) is 0 Å². The lowest BCUT2D eigenvalue weighted by atomic mass is 10.2. The minimum absolute atomic E-state index is 0.328. The summed E-state index contributed by atoms with van der Waals surface area (Å²) in [7, 11) is 0. The lowest BCUT2D eigenvalue weighted by Gasteiger charge is -1.94. The van der Waals surface area contributed by atoms with Crippen molar-refractivity contribution in [3.63, 3.8) is 0 Å². The van der Waals surface area contributed by atoms with E-state index in [1.54, 1.807) is 19.1 Å². The van der Waals surface area contributed by atoms with E-state index in [2.05, 4.69) is 4.98 Å². The van der Waals surface area contributed by atoms with Gasteiger partial charge in [0.1, 0.15) is 15.7 Å². The zero-order chi connectivity index (χ0) is 11.7. The smallest absolute Gasteiger partial charge is 0.260 e. The average Bonchev–Trinajstić information content (AvgIpc) is 2.60. The van der Waals surface area contributed by atoms with Crippen molar-refractivity contribution >= 4 is 17.2 Å². The highest BCUT2D eigenvalue weighted by Crippen LogP contribution is 2.27. The Morgan fingerprint density at radius 1 is 1.50 bits per heavy atom. The molecule has 0 spiro atoms. The summed E-state index contributed by atoms with van der Waals surface area (Å²) in [6.07, 6.45) is 0. The second-order valence-electron chi connectivity index (χ2n) is 3.31. The highest BCUT2D eigenvalue weighted by Gasteiger charge is 2.13. The molecule has 0 saturated heterocycles. The Labute approximate surface area is 95.7 Å². The van der Waals surface area contributed by atoms with Gasteiger partial charge in [-0.3, -0.25) is 4.79 Å². The topological polar surface area (TPSA) is 56.0 Å². The van der Waals surface area contributed by atoms with E-state index in [-0.39, 0.29) is 5.82 Å². The Bertz CT molecular complexity index is 551. The van der Waals surface area contributed by atoms with E-state index >= 15 is 0 Å². The van der Waals surface area contributed by atoms with Crippen molar-refractivity contribution in [2.24, 2.45) is 5.73 Å². The van der Waals surface area contributed by atoms with Gasteiger partial charge in [-0.05, 0) is 19.1 Å². The van der Waals surface area contributed by atoms with E-state index < -0.39 is 5.91 Å². The summed E-state index contributed by atoms with van der Waals surface area (Å²) in [5, 5.41) is 0.603. The fraction of sp³-hybridized carbons (Fsp3) is 0.0909. The van der Waals surface area contributed by atoms with Crippen molar-refractivity contribution in [1.29, 1.82) is 0 Å². The second-order valence-corrected chi connectivity index (χ2v) is 4.31. The molecule has 1 amide bonds. The molecule has 0 fully saturated rings. The lowest BCUT2D eigenvalue weighted by molar-refractivity contribution is 0.100. The van der Waals surface area contributed by atoms with Crippen LogP contribution >= 0.6 is 11.3 Å². The number of carbonyl (C=O) groups is 1. The van der Waals surface area contributed by atoms with E-state index in [0.29, 0.717) is 21.1 Å². The van der Waals surface area contributed by atoms with Crippen molar-refractivity contribution in [3.05, 3.63) is 40.7 Å². The van der Waals surface area contributed by atoms with Crippen LogP contribution in [0.5, 0.6) is 0 Å². The van der Waals surface area contributed by atoms with Crippen molar-refractivity contribution in [3.8, 4) is 10.6 Å². The molecule has 16 heavy (non-hydrogen) atoms. The van der Waals surface area contributed by atoms with Gasteiger partial charge in [0, 0.05) is 5.56 Å². The first-order valence-corrected chi connectivity index (χ1v) is 5.43. The van der Waals surface area contributed by atoms with Crippen LogP contribution in [0.3, 0.4) is 0 Å². The van der Waals surface area contributed by atoms with E-state index in [9.17, 15) is 9.18 Å².